The van der Waals surface area contributed by atoms with Gasteiger partial charge in [0, 0.05) is 35.6 Å². The lowest BCUT2D eigenvalue weighted by Crippen LogP contribution is -2.40. The van der Waals surface area contributed by atoms with Crippen LogP contribution in [0.5, 0.6) is 0 Å². The van der Waals surface area contributed by atoms with Crippen LogP contribution >= 0.6 is 11.3 Å². The lowest BCUT2D eigenvalue weighted by Gasteiger charge is -2.29. The number of sulfonamides is 1. The second-order valence-electron chi connectivity index (χ2n) is 6.26. The zero-order chi connectivity index (χ0) is 18.0. The number of amides is 1. The first-order valence-corrected chi connectivity index (χ1v) is 10.8. The van der Waals surface area contributed by atoms with Gasteiger partial charge in [0.2, 0.25) is 15.9 Å². The van der Waals surface area contributed by atoms with Gasteiger partial charge in [-0.25, -0.2) is 17.7 Å². The fraction of sp³-hybridized carbons (Fsp3) is 0.412. The van der Waals surface area contributed by atoms with Crippen LogP contribution in [0.15, 0.2) is 29.6 Å². The molecule has 0 unspecified atom stereocenters. The molecule has 0 radical (unpaired) electrons. The Bertz CT molecular complexity index is 869. The van der Waals surface area contributed by atoms with Crippen LogP contribution in [0.1, 0.15) is 17.8 Å². The summed E-state index contributed by atoms with van der Waals surface area (Å²) in [4.78, 5) is 16.9. The van der Waals surface area contributed by atoms with Crippen LogP contribution < -0.4 is 5.32 Å². The minimum absolute atomic E-state index is 0.0558. The molecule has 0 saturated carbocycles. The molecule has 6 nitrogen and oxygen atoms in total. The quantitative estimate of drug-likeness (QED) is 0.886. The number of aryl methyl sites for hydroxylation is 1. The van der Waals surface area contributed by atoms with Crippen LogP contribution in [-0.4, -0.2) is 43.0 Å². The molecule has 1 aromatic carbocycles. The second kappa shape index (κ2) is 7.23. The summed E-state index contributed by atoms with van der Waals surface area (Å²) in [6.07, 6.45) is 2.30. The van der Waals surface area contributed by atoms with Crippen LogP contribution in [0.25, 0.3) is 11.3 Å². The Hall–Kier alpha value is -1.77. The average molecular weight is 380 g/mol. The minimum atomic E-state index is -3.17. The Morgan fingerprint density at radius 3 is 2.64 bits per heavy atom. The van der Waals surface area contributed by atoms with E-state index in [1.165, 1.54) is 10.6 Å². The molecule has 1 amide bonds. The van der Waals surface area contributed by atoms with Gasteiger partial charge < -0.3 is 5.32 Å². The third-order valence-corrected chi connectivity index (χ3v) is 6.42. The maximum absolute atomic E-state index is 12.5. The number of benzene rings is 1. The summed E-state index contributed by atoms with van der Waals surface area (Å²) < 4.78 is 24.5. The molecule has 2 aromatic rings. The number of nitrogens with zero attached hydrogens (tertiary/aromatic N) is 2. The van der Waals surface area contributed by atoms with Crippen molar-refractivity contribution < 1.29 is 13.2 Å². The van der Waals surface area contributed by atoms with Crippen LogP contribution in [-0.2, 0) is 14.8 Å². The van der Waals surface area contributed by atoms with Crippen LogP contribution in [0.4, 0.5) is 5.69 Å². The fourth-order valence-electron chi connectivity index (χ4n) is 2.95. The Kier molecular flexibility index (Phi) is 5.21. The van der Waals surface area contributed by atoms with E-state index in [-0.39, 0.29) is 11.8 Å². The lowest BCUT2D eigenvalue weighted by atomic mass is 9.97. The van der Waals surface area contributed by atoms with Gasteiger partial charge in [0.25, 0.3) is 0 Å². The van der Waals surface area contributed by atoms with Gasteiger partial charge in [-0.1, -0.05) is 12.1 Å². The Morgan fingerprint density at radius 2 is 2.04 bits per heavy atom. The van der Waals surface area contributed by atoms with E-state index in [0.29, 0.717) is 25.9 Å². The van der Waals surface area contributed by atoms with Crippen molar-refractivity contribution >= 4 is 33.0 Å². The molecular weight excluding hydrogens is 358 g/mol. The molecule has 25 heavy (non-hydrogen) atoms. The van der Waals surface area contributed by atoms with Gasteiger partial charge in [-0.3, -0.25) is 4.79 Å². The minimum Gasteiger partial charge on any atom is -0.326 e. The molecule has 3 rings (SSSR count). The van der Waals surface area contributed by atoms with E-state index in [9.17, 15) is 13.2 Å². The number of hydrogen-bond acceptors (Lipinski definition) is 5. The van der Waals surface area contributed by atoms with Crippen molar-refractivity contribution in [3.05, 3.63) is 34.7 Å². The highest BCUT2D eigenvalue weighted by atomic mass is 32.2. The number of piperidine rings is 1. The molecule has 134 valence electrons. The SMILES string of the molecule is Cc1nc(-c2cccc(NC(=O)C3CCN(S(C)(=O)=O)CC3)c2)cs1. The molecule has 2 heterocycles. The monoisotopic (exact) mass is 379 g/mol. The number of aromatic nitrogens is 1. The molecule has 0 atom stereocenters. The van der Waals surface area contributed by atoms with Gasteiger partial charge in [0.1, 0.15) is 0 Å². The predicted octanol–water partition coefficient (Wildman–Crippen LogP) is 2.73. The largest absolute Gasteiger partial charge is 0.326 e. The first kappa shape index (κ1) is 18.0. The number of carbonyl (C=O) groups is 1. The summed E-state index contributed by atoms with van der Waals surface area (Å²) in [5.74, 6) is -0.220. The van der Waals surface area contributed by atoms with Crippen molar-refractivity contribution in [3.63, 3.8) is 0 Å². The number of thiazole rings is 1. The molecule has 1 aliphatic heterocycles. The third-order valence-electron chi connectivity index (χ3n) is 4.34. The summed E-state index contributed by atoms with van der Waals surface area (Å²) in [7, 11) is -3.17. The molecule has 1 aliphatic rings. The summed E-state index contributed by atoms with van der Waals surface area (Å²) >= 11 is 1.59. The average Bonchev–Trinajstić information content (AvgIpc) is 3.01. The van der Waals surface area contributed by atoms with Crippen LogP contribution in [0, 0.1) is 12.8 Å². The van der Waals surface area contributed by atoms with Crippen molar-refractivity contribution in [2.75, 3.05) is 24.7 Å². The van der Waals surface area contributed by atoms with Crippen molar-refractivity contribution in [2.24, 2.45) is 5.92 Å². The molecule has 1 fully saturated rings. The summed E-state index contributed by atoms with van der Waals surface area (Å²) in [5.41, 5.74) is 2.60. The van der Waals surface area contributed by atoms with E-state index in [1.807, 2.05) is 36.6 Å². The highest BCUT2D eigenvalue weighted by molar-refractivity contribution is 7.88. The molecule has 0 bridgehead atoms. The smallest absolute Gasteiger partial charge is 0.227 e. The van der Waals surface area contributed by atoms with Crippen molar-refractivity contribution in [1.82, 2.24) is 9.29 Å². The van der Waals surface area contributed by atoms with Gasteiger partial charge in [-0.05, 0) is 31.9 Å². The lowest BCUT2D eigenvalue weighted by molar-refractivity contribution is -0.120. The van der Waals surface area contributed by atoms with E-state index in [4.69, 9.17) is 0 Å². The molecule has 8 heteroatoms. The normalized spacial score (nSPS) is 16.7. The number of anilines is 1. The third kappa shape index (κ3) is 4.45. The fourth-order valence-corrected chi connectivity index (χ4v) is 4.44. The van der Waals surface area contributed by atoms with Crippen LogP contribution in [0.2, 0.25) is 0 Å². The maximum Gasteiger partial charge on any atom is 0.227 e. The number of rotatable bonds is 4. The van der Waals surface area contributed by atoms with Crippen LogP contribution in [0.3, 0.4) is 0 Å². The molecule has 1 aromatic heterocycles. The Morgan fingerprint density at radius 1 is 1.32 bits per heavy atom. The van der Waals surface area contributed by atoms with Gasteiger partial charge in [0.15, 0.2) is 0 Å². The zero-order valence-corrected chi connectivity index (χ0v) is 15.9. The summed E-state index contributed by atoms with van der Waals surface area (Å²) in [6, 6.07) is 7.63. The van der Waals surface area contributed by atoms with E-state index in [0.717, 1.165) is 22.0 Å². The van der Waals surface area contributed by atoms with Gasteiger partial charge in [-0.15, -0.1) is 11.3 Å². The molecular formula is C17H21N3O3S2. The van der Waals surface area contributed by atoms with Crippen molar-refractivity contribution in [3.8, 4) is 11.3 Å². The predicted molar refractivity (Wildman–Crippen MR) is 100 cm³/mol. The van der Waals surface area contributed by atoms with Crippen molar-refractivity contribution in [2.45, 2.75) is 19.8 Å². The van der Waals surface area contributed by atoms with E-state index < -0.39 is 10.0 Å². The molecule has 0 spiro atoms. The topological polar surface area (TPSA) is 79.4 Å². The van der Waals surface area contributed by atoms with E-state index in [1.54, 1.807) is 11.3 Å². The van der Waals surface area contributed by atoms with Gasteiger partial charge >= 0.3 is 0 Å². The standard InChI is InChI=1S/C17H21N3O3S2/c1-12-18-16(11-24-12)14-4-3-5-15(10-14)19-17(21)13-6-8-20(9-7-13)25(2,22)23/h3-5,10-11,13H,6-9H2,1-2H3,(H,19,21). The molecule has 0 aliphatic carbocycles. The highest BCUT2D eigenvalue weighted by Gasteiger charge is 2.28. The Labute approximate surface area is 151 Å². The zero-order valence-electron chi connectivity index (χ0n) is 14.2. The summed E-state index contributed by atoms with van der Waals surface area (Å²) in [5, 5.41) is 5.95. The first-order valence-electron chi connectivity index (χ1n) is 8.11. The molecule has 1 N–H and O–H groups in total. The van der Waals surface area contributed by atoms with E-state index in [2.05, 4.69) is 10.3 Å². The van der Waals surface area contributed by atoms with Gasteiger partial charge in [-0.2, -0.15) is 0 Å². The highest BCUT2D eigenvalue weighted by Crippen LogP contribution is 2.25. The Balaban J connectivity index is 1.64. The van der Waals surface area contributed by atoms with Gasteiger partial charge in [0.05, 0.1) is 17.0 Å². The maximum atomic E-state index is 12.5. The second-order valence-corrected chi connectivity index (χ2v) is 9.30. The number of carbonyl (C=O) groups excluding carboxylic acids is 1. The summed E-state index contributed by atoms with van der Waals surface area (Å²) in [6.45, 7) is 2.76. The van der Waals surface area contributed by atoms with Crippen molar-refractivity contribution in [1.29, 1.82) is 0 Å². The first-order chi connectivity index (χ1) is 11.8. The number of nitrogens with one attached hydrogen (secondary N) is 1. The number of hydrogen-bond donors (Lipinski definition) is 1. The molecule has 1 saturated heterocycles. The van der Waals surface area contributed by atoms with E-state index >= 15 is 0 Å².